The molecule has 1 N–H and O–H groups in total. The van der Waals surface area contributed by atoms with Crippen molar-refractivity contribution < 1.29 is 27.8 Å². The number of ether oxygens (including phenoxy) is 2. The molecule has 1 aliphatic rings. The SMILES string of the molecule is COc1cccc(-c2ccc3c(c2)O[C@H](CN(C)C(C)=O)[C@H](C)CN([C@H](C)CO)S3(=O)=O)c1. The molecule has 0 saturated carbocycles. The first-order valence-electron chi connectivity index (χ1n) is 10.9. The van der Waals surface area contributed by atoms with Crippen LogP contribution in [-0.2, 0) is 14.8 Å². The third kappa shape index (κ3) is 5.31. The average Bonchev–Trinajstić information content (AvgIpc) is 2.80. The van der Waals surface area contributed by atoms with Gasteiger partial charge in [-0.2, -0.15) is 4.31 Å². The van der Waals surface area contributed by atoms with Gasteiger partial charge in [-0.3, -0.25) is 4.79 Å². The summed E-state index contributed by atoms with van der Waals surface area (Å²) in [6.45, 7) is 5.21. The van der Waals surface area contributed by atoms with Crippen LogP contribution in [0.25, 0.3) is 11.1 Å². The van der Waals surface area contributed by atoms with Crippen LogP contribution in [0.2, 0.25) is 0 Å². The molecule has 0 fully saturated rings. The van der Waals surface area contributed by atoms with E-state index in [2.05, 4.69) is 0 Å². The van der Waals surface area contributed by atoms with Gasteiger partial charge in [-0.05, 0) is 42.3 Å². The fourth-order valence-corrected chi connectivity index (χ4v) is 5.65. The van der Waals surface area contributed by atoms with Crippen LogP contribution in [0.15, 0.2) is 47.4 Å². The summed E-state index contributed by atoms with van der Waals surface area (Å²) in [5.74, 6) is 0.569. The third-order valence-corrected chi connectivity index (χ3v) is 8.08. The van der Waals surface area contributed by atoms with Crippen LogP contribution in [0.5, 0.6) is 11.5 Å². The molecule has 0 unspecified atom stereocenters. The predicted molar refractivity (Wildman–Crippen MR) is 126 cm³/mol. The molecule has 180 valence electrons. The number of benzene rings is 2. The molecule has 0 aliphatic carbocycles. The van der Waals surface area contributed by atoms with Crippen LogP contribution >= 0.6 is 0 Å². The number of methoxy groups -OCH3 is 1. The van der Waals surface area contributed by atoms with Gasteiger partial charge in [-0.1, -0.05) is 25.1 Å². The Hall–Kier alpha value is -2.62. The van der Waals surface area contributed by atoms with E-state index in [1.807, 2.05) is 31.2 Å². The molecule has 1 aliphatic heterocycles. The van der Waals surface area contributed by atoms with E-state index in [1.54, 1.807) is 38.1 Å². The fraction of sp³-hybridized carbons (Fsp3) is 0.458. The minimum Gasteiger partial charge on any atom is -0.497 e. The van der Waals surface area contributed by atoms with Crippen molar-refractivity contribution in [1.29, 1.82) is 0 Å². The second kappa shape index (κ2) is 10.1. The Morgan fingerprint density at radius 2 is 1.97 bits per heavy atom. The molecule has 2 aromatic carbocycles. The smallest absolute Gasteiger partial charge is 0.247 e. The number of sulfonamides is 1. The highest BCUT2D eigenvalue weighted by molar-refractivity contribution is 7.89. The van der Waals surface area contributed by atoms with Gasteiger partial charge in [0.05, 0.1) is 20.3 Å². The quantitative estimate of drug-likeness (QED) is 0.689. The Bertz CT molecular complexity index is 1100. The average molecular weight is 477 g/mol. The van der Waals surface area contributed by atoms with Crippen LogP contribution in [-0.4, -0.2) is 74.6 Å². The van der Waals surface area contributed by atoms with Crippen molar-refractivity contribution in [2.24, 2.45) is 5.92 Å². The van der Waals surface area contributed by atoms with Crippen LogP contribution in [0.3, 0.4) is 0 Å². The minimum absolute atomic E-state index is 0.0387. The van der Waals surface area contributed by atoms with Gasteiger partial charge in [0.25, 0.3) is 0 Å². The van der Waals surface area contributed by atoms with Crippen molar-refractivity contribution >= 4 is 15.9 Å². The Kier molecular flexibility index (Phi) is 7.66. The van der Waals surface area contributed by atoms with Crippen LogP contribution < -0.4 is 9.47 Å². The molecular formula is C24H32N2O6S. The lowest BCUT2D eigenvalue weighted by Gasteiger charge is -2.37. The summed E-state index contributed by atoms with van der Waals surface area (Å²) >= 11 is 0. The van der Waals surface area contributed by atoms with Crippen molar-refractivity contribution in [2.75, 3.05) is 33.9 Å². The number of rotatable bonds is 6. The number of carbonyl (C=O) groups excluding carboxylic acids is 1. The summed E-state index contributed by atoms with van der Waals surface area (Å²) in [6, 6.07) is 11.8. The first kappa shape index (κ1) is 25.0. The molecule has 0 spiro atoms. The van der Waals surface area contributed by atoms with Crippen LogP contribution in [0.4, 0.5) is 0 Å². The van der Waals surface area contributed by atoms with Gasteiger partial charge in [0.1, 0.15) is 22.5 Å². The first-order valence-corrected chi connectivity index (χ1v) is 12.3. The zero-order chi connectivity index (χ0) is 24.3. The Balaban J connectivity index is 2.14. The Labute approximate surface area is 195 Å². The summed E-state index contributed by atoms with van der Waals surface area (Å²) in [5.41, 5.74) is 1.63. The van der Waals surface area contributed by atoms with Crippen molar-refractivity contribution in [3.8, 4) is 22.6 Å². The van der Waals surface area contributed by atoms with Gasteiger partial charge in [0.15, 0.2) is 0 Å². The third-order valence-electron chi connectivity index (χ3n) is 6.06. The number of aliphatic hydroxyl groups is 1. The van der Waals surface area contributed by atoms with Crippen molar-refractivity contribution in [3.05, 3.63) is 42.5 Å². The number of likely N-dealkylation sites (N-methyl/N-ethyl adjacent to an activating group) is 1. The molecule has 0 aromatic heterocycles. The Morgan fingerprint density at radius 1 is 1.27 bits per heavy atom. The van der Waals surface area contributed by atoms with Crippen molar-refractivity contribution in [2.45, 2.75) is 37.8 Å². The molecule has 1 amide bonds. The summed E-state index contributed by atoms with van der Waals surface area (Å²) in [4.78, 5) is 13.5. The highest BCUT2D eigenvalue weighted by Gasteiger charge is 2.38. The summed E-state index contributed by atoms with van der Waals surface area (Å²) < 4.78 is 40.0. The van der Waals surface area contributed by atoms with Gasteiger partial charge in [0, 0.05) is 32.5 Å². The molecule has 1 heterocycles. The number of nitrogens with zero attached hydrogens (tertiary/aromatic N) is 2. The number of hydrogen-bond donors (Lipinski definition) is 1. The molecule has 33 heavy (non-hydrogen) atoms. The van der Waals surface area contributed by atoms with Gasteiger partial charge in [-0.15, -0.1) is 0 Å². The van der Waals surface area contributed by atoms with E-state index in [1.165, 1.54) is 17.3 Å². The zero-order valence-corrected chi connectivity index (χ0v) is 20.5. The van der Waals surface area contributed by atoms with E-state index in [0.717, 1.165) is 11.1 Å². The summed E-state index contributed by atoms with van der Waals surface area (Å²) in [6.07, 6.45) is -0.442. The summed E-state index contributed by atoms with van der Waals surface area (Å²) in [7, 11) is -0.647. The van der Waals surface area contributed by atoms with Gasteiger partial charge in [0.2, 0.25) is 15.9 Å². The molecule has 0 saturated heterocycles. The van der Waals surface area contributed by atoms with E-state index in [4.69, 9.17) is 9.47 Å². The normalized spacial score (nSPS) is 21.2. The lowest BCUT2D eigenvalue weighted by molar-refractivity contribution is -0.129. The highest BCUT2D eigenvalue weighted by atomic mass is 32.2. The fourth-order valence-electron chi connectivity index (χ4n) is 3.82. The lowest BCUT2D eigenvalue weighted by atomic mass is 10.0. The van der Waals surface area contributed by atoms with E-state index in [0.29, 0.717) is 12.3 Å². The Morgan fingerprint density at radius 3 is 2.61 bits per heavy atom. The number of amides is 1. The molecule has 0 radical (unpaired) electrons. The molecule has 8 nitrogen and oxygen atoms in total. The van der Waals surface area contributed by atoms with E-state index in [-0.39, 0.29) is 35.6 Å². The highest BCUT2D eigenvalue weighted by Crippen LogP contribution is 2.37. The first-order chi connectivity index (χ1) is 15.6. The minimum atomic E-state index is -3.92. The molecule has 9 heteroatoms. The van der Waals surface area contributed by atoms with Crippen LogP contribution in [0, 0.1) is 5.92 Å². The van der Waals surface area contributed by atoms with Crippen LogP contribution in [0.1, 0.15) is 20.8 Å². The molecule has 2 aromatic rings. The number of fused-ring (bicyclic) bond motifs is 1. The monoisotopic (exact) mass is 476 g/mol. The largest absolute Gasteiger partial charge is 0.497 e. The van der Waals surface area contributed by atoms with E-state index in [9.17, 15) is 18.3 Å². The zero-order valence-electron chi connectivity index (χ0n) is 19.7. The molecule has 3 rings (SSSR count). The topological polar surface area (TPSA) is 96.4 Å². The maximum Gasteiger partial charge on any atom is 0.247 e. The van der Waals surface area contributed by atoms with Gasteiger partial charge in [-0.25, -0.2) is 8.42 Å². The number of hydrogen-bond acceptors (Lipinski definition) is 6. The summed E-state index contributed by atoms with van der Waals surface area (Å²) in [5, 5.41) is 9.74. The number of aliphatic hydroxyl groups excluding tert-OH is 1. The van der Waals surface area contributed by atoms with Gasteiger partial charge >= 0.3 is 0 Å². The maximum absolute atomic E-state index is 13.6. The second-order valence-electron chi connectivity index (χ2n) is 8.53. The van der Waals surface area contributed by atoms with Gasteiger partial charge < -0.3 is 19.5 Å². The molecule has 3 atom stereocenters. The van der Waals surface area contributed by atoms with Crippen molar-refractivity contribution in [3.63, 3.8) is 0 Å². The lowest BCUT2D eigenvalue weighted by Crippen LogP contribution is -2.50. The predicted octanol–water partition coefficient (Wildman–Crippen LogP) is 2.61. The van der Waals surface area contributed by atoms with E-state index < -0.39 is 22.2 Å². The second-order valence-corrected chi connectivity index (χ2v) is 10.4. The van der Waals surface area contributed by atoms with Crippen molar-refractivity contribution in [1.82, 2.24) is 9.21 Å². The maximum atomic E-state index is 13.6. The molecular weight excluding hydrogens is 444 g/mol. The van der Waals surface area contributed by atoms with E-state index >= 15 is 0 Å². The molecule has 0 bridgehead atoms. The number of carbonyl (C=O) groups is 1. The standard InChI is InChI=1S/C24H32N2O6S/c1-16-13-26(17(2)15-27)33(29,30)24-10-9-20(19-7-6-8-21(11-19)31-5)12-22(24)32-23(16)14-25(4)18(3)28/h6-12,16-17,23,27H,13-15H2,1-5H3/t16-,17-,23-/m1/s1.